The van der Waals surface area contributed by atoms with E-state index in [1.165, 1.54) is 11.3 Å². The standard InChI is InChI=1S/C13H14N2S/c1-10-7-13(16)8-12(15-10)5-4-11-3-2-6-14-9-11/h2-3,6-9H,4-5H2,1H3,(H,15,16). The Morgan fingerprint density at radius 1 is 1.31 bits per heavy atom. The number of hydrogen-bond acceptors (Lipinski definition) is 2. The van der Waals surface area contributed by atoms with Gasteiger partial charge in [0.05, 0.1) is 0 Å². The molecule has 82 valence electrons. The Bertz CT molecular complexity index is 517. The average molecular weight is 230 g/mol. The average Bonchev–Trinajstić information content (AvgIpc) is 2.27. The van der Waals surface area contributed by atoms with Crippen LogP contribution in [0.15, 0.2) is 36.7 Å². The van der Waals surface area contributed by atoms with Crippen molar-refractivity contribution in [2.75, 3.05) is 0 Å². The summed E-state index contributed by atoms with van der Waals surface area (Å²) < 4.78 is 0.900. The molecular formula is C13H14N2S. The van der Waals surface area contributed by atoms with Crippen LogP contribution in [-0.2, 0) is 12.8 Å². The van der Waals surface area contributed by atoms with Gasteiger partial charge in [-0.1, -0.05) is 18.3 Å². The van der Waals surface area contributed by atoms with Crippen LogP contribution in [0.1, 0.15) is 17.0 Å². The molecule has 2 heterocycles. The Morgan fingerprint density at radius 3 is 2.88 bits per heavy atom. The number of H-pyrrole nitrogens is 1. The summed E-state index contributed by atoms with van der Waals surface area (Å²) in [7, 11) is 0. The fraction of sp³-hybridized carbons (Fsp3) is 0.231. The molecule has 0 saturated heterocycles. The second-order valence-electron chi connectivity index (χ2n) is 3.89. The van der Waals surface area contributed by atoms with Gasteiger partial charge in [0.15, 0.2) is 0 Å². The minimum absolute atomic E-state index is 0.900. The molecule has 2 nitrogen and oxygen atoms in total. The molecule has 0 aromatic carbocycles. The van der Waals surface area contributed by atoms with Crippen molar-refractivity contribution in [3.63, 3.8) is 0 Å². The summed E-state index contributed by atoms with van der Waals surface area (Å²) in [4.78, 5) is 7.43. The molecule has 16 heavy (non-hydrogen) atoms. The van der Waals surface area contributed by atoms with E-state index in [1.807, 2.05) is 31.3 Å². The minimum atomic E-state index is 0.900. The molecule has 0 fully saturated rings. The highest BCUT2D eigenvalue weighted by Gasteiger charge is 1.97. The largest absolute Gasteiger partial charge is 0.362 e. The number of aryl methyl sites for hydroxylation is 3. The second-order valence-corrected chi connectivity index (χ2v) is 4.36. The molecule has 0 spiro atoms. The van der Waals surface area contributed by atoms with E-state index in [0.717, 1.165) is 23.0 Å². The van der Waals surface area contributed by atoms with Crippen LogP contribution in [0.3, 0.4) is 0 Å². The van der Waals surface area contributed by atoms with Gasteiger partial charge in [-0.3, -0.25) is 4.98 Å². The van der Waals surface area contributed by atoms with E-state index < -0.39 is 0 Å². The number of aromatic amines is 1. The number of pyridine rings is 2. The van der Waals surface area contributed by atoms with Crippen LogP contribution in [0.25, 0.3) is 0 Å². The molecule has 0 amide bonds. The van der Waals surface area contributed by atoms with E-state index in [-0.39, 0.29) is 0 Å². The third-order valence-electron chi connectivity index (χ3n) is 2.44. The van der Waals surface area contributed by atoms with Gasteiger partial charge >= 0.3 is 0 Å². The fourth-order valence-corrected chi connectivity index (χ4v) is 2.03. The van der Waals surface area contributed by atoms with E-state index in [4.69, 9.17) is 12.2 Å². The Morgan fingerprint density at radius 2 is 2.19 bits per heavy atom. The van der Waals surface area contributed by atoms with Crippen LogP contribution in [0.4, 0.5) is 0 Å². The van der Waals surface area contributed by atoms with Crippen LogP contribution in [-0.4, -0.2) is 9.97 Å². The summed E-state index contributed by atoms with van der Waals surface area (Å²) in [5.41, 5.74) is 3.56. The van der Waals surface area contributed by atoms with E-state index in [1.54, 1.807) is 6.20 Å². The molecule has 0 radical (unpaired) electrons. The quantitative estimate of drug-likeness (QED) is 0.820. The Balaban J connectivity index is 2.08. The molecule has 2 aromatic heterocycles. The normalized spacial score (nSPS) is 10.3. The third kappa shape index (κ3) is 3.00. The molecule has 0 atom stereocenters. The number of hydrogen-bond donors (Lipinski definition) is 1. The van der Waals surface area contributed by atoms with Crippen molar-refractivity contribution in [1.82, 2.24) is 9.97 Å². The van der Waals surface area contributed by atoms with Crippen molar-refractivity contribution in [3.05, 3.63) is 58.1 Å². The number of rotatable bonds is 3. The van der Waals surface area contributed by atoms with Crippen molar-refractivity contribution in [3.8, 4) is 0 Å². The lowest BCUT2D eigenvalue weighted by Gasteiger charge is -2.03. The molecule has 3 heteroatoms. The maximum atomic E-state index is 5.19. The summed E-state index contributed by atoms with van der Waals surface area (Å²) in [6.45, 7) is 2.03. The first-order valence-corrected chi connectivity index (χ1v) is 5.73. The predicted molar refractivity (Wildman–Crippen MR) is 68.0 cm³/mol. The topological polar surface area (TPSA) is 28.7 Å². The highest BCUT2D eigenvalue weighted by Crippen LogP contribution is 2.06. The molecule has 1 N–H and O–H groups in total. The summed E-state index contributed by atoms with van der Waals surface area (Å²) in [6, 6.07) is 8.06. The molecule has 2 rings (SSSR count). The maximum Gasteiger partial charge on any atom is 0.0411 e. The lowest BCUT2D eigenvalue weighted by molar-refractivity contribution is 0.896. The number of nitrogens with one attached hydrogen (secondary N) is 1. The molecule has 0 aliphatic heterocycles. The zero-order chi connectivity index (χ0) is 11.4. The van der Waals surface area contributed by atoms with E-state index in [9.17, 15) is 0 Å². The van der Waals surface area contributed by atoms with Crippen molar-refractivity contribution in [2.24, 2.45) is 0 Å². The highest BCUT2D eigenvalue weighted by molar-refractivity contribution is 7.71. The first-order valence-electron chi connectivity index (χ1n) is 5.33. The van der Waals surface area contributed by atoms with Crippen LogP contribution in [0.2, 0.25) is 0 Å². The lowest BCUT2D eigenvalue weighted by Crippen LogP contribution is -1.96. The van der Waals surface area contributed by atoms with Gasteiger partial charge in [-0.25, -0.2) is 0 Å². The molecule has 2 aromatic rings. The van der Waals surface area contributed by atoms with Crippen molar-refractivity contribution < 1.29 is 0 Å². The minimum Gasteiger partial charge on any atom is -0.362 e. The summed E-state index contributed by atoms with van der Waals surface area (Å²) >= 11 is 5.19. The second kappa shape index (κ2) is 5.03. The molecule has 0 saturated carbocycles. The third-order valence-corrected chi connectivity index (χ3v) is 2.67. The van der Waals surface area contributed by atoms with Gasteiger partial charge in [0.25, 0.3) is 0 Å². The lowest BCUT2D eigenvalue weighted by atomic mass is 10.1. The van der Waals surface area contributed by atoms with Crippen molar-refractivity contribution in [2.45, 2.75) is 19.8 Å². The first-order chi connectivity index (χ1) is 7.74. The maximum absolute atomic E-state index is 5.19. The van der Waals surface area contributed by atoms with E-state index in [2.05, 4.69) is 16.0 Å². The van der Waals surface area contributed by atoms with Crippen LogP contribution in [0, 0.1) is 11.4 Å². The van der Waals surface area contributed by atoms with Crippen molar-refractivity contribution >= 4 is 12.2 Å². The summed E-state index contributed by atoms with van der Waals surface area (Å²) in [6.07, 6.45) is 5.66. The van der Waals surface area contributed by atoms with E-state index >= 15 is 0 Å². The molecule has 0 aliphatic carbocycles. The van der Waals surface area contributed by atoms with E-state index in [0.29, 0.717) is 0 Å². The van der Waals surface area contributed by atoms with Gasteiger partial charge in [-0.05, 0) is 43.5 Å². The van der Waals surface area contributed by atoms with Gasteiger partial charge in [-0.15, -0.1) is 0 Å². The van der Waals surface area contributed by atoms with Crippen LogP contribution in [0.5, 0.6) is 0 Å². The van der Waals surface area contributed by atoms with Gasteiger partial charge < -0.3 is 4.98 Å². The molecular weight excluding hydrogens is 216 g/mol. The zero-order valence-electron chi connectivity index (χ0n) is 9.23. The zero-order valence-corrected chi connectivity index (χ0v) is 10.1. The highest BCUT2D eigenvalue weighted by atomic mass is 32.1. The summed E-state index contributed by atoms with van der Waals surface area (Å²) in [5, 5.41) is 0. The van der Waals surface area contributed by atoms with Crippen LogP contribution >= 0.6 is 12.2 Å². The SMILES string of the molecule is Cc1cc(=S)cc(CCc2cccnc2)[nH]1. The van der Waals surface area contributed by atoms with Crippen molar-refractivity contribution in [1.29, 1.82) is 0 Å². The molecule has 0 unspecified atom stereocenters. The molecule has 0 bridgehead atoms. The predicted octanol–water partition coefficient (Wildman–Crippen LogP) is 3.23. The summed E-state index contributed by atoms with van der Waals surface area (Å²) in [5.74, 6) is 0. The monoisotopic (exact) mass is 230 g/mol. The number of nitrogens with zero attached hydrogens (tertiary/aromatic N) is 1. The number of aromatic nitrogens is 2. The van der Waals surface area contributed by atoms with Gasteiger partial charge in [-0.2, -0.15) is 0 Å². The Labute approximate surface area is 100 Å². The van der Waals surface area contributed by atoms with Gasteiger partial charge in [0.2, 0.25) is 0 Å². The fourth-order valence-electron chi connectivity index (χ4n) is 1.71. The first kappa shape index (κ1) is 11.0. The van der Waals surface area contributed by atoms with Gasteiger partial charge in [0, 0.05) is 28.3 Å². The van der Waals surface area contributed by atoms with Crippen LogP contribution < -0.4 is 0 Å². The Kier molecular flexibility index (Phi) is 3.47. The smallest absolute Gasteiger partial charge is 0.0411 e. The van der Waals surface area contributed by atoms with Gasteiger partial charge in [0.1, 0.15) is 0 Å². The Hall–Kier alpha value is -1.48. The molecule has 0 aliphatic rings.